The molecule has 1 amide bonds. The average molecular weight is 346 g/mol. The van der Waals surface area contributed by atoms with Gasteiger partial charge in [-0.3, -0.25) is 4.79 Å². The number of hydrogen-bond acceptors (Lipinski definition) is 4. The van der Waals surface area contributed by atoms with Crippen LogP contribution in [0.15, 0.2) is 54.6 Å². The van der Waals surface area contributed by atoms with E-state index in [9.17, 15) is 13.2 Å². The molecule has 7 heteroatoms. The summed E-state index contributed by atoms with van der Waals surface area (Å²) < 4.78 is 32.5. The van der Waals surface area contributed by atoms with Crippen LogP contribution in [0.4, 0.5) is 0 Å². The van der Waals surface area contributed by atoms with Gasteiger partial charge in [0, 0.05) is 6.54 Å². The van der Waals surface area contributed by atoms with Crippen LogP contribution < -0.4 is 4.74 Å². The van der Waals surface area contributed by atoms with E-state index < -0.39 is 16.1 Å². The zero-order chi connectivity index (χ0) is 17.2. The third-order valence-corrected chi connectivity index (χ3v) is 5.68. The molecule has 1 heterocycles. The fourth-order valence-corrected chi connectivity index (χ4v) is 4.06. The van der Waals surface area contributed by atoms with E-state index in [1.54, 1.807) is 31.4 Å². The Hall–Kier alpha value is -2.38. The molecule has 2 aromatic carbocycles. The standard InChI is InChI=1S/C17H18N2O4S/c1-23-16-9-7-15(8-10-16)12-19-17(20)13-18(24(19,21)22)11-14-5-3-2-4-6-14/h2-10H,11-13H2,1H3. The number of carbonyl (C=O) groups is 1. The number of methoxy groups -OCH3 is 1. The Balaban J connectivity index is 1.77. The molecule has 0 N–H and O–H groups in total. The first kappa shape index (κ1) is 16.5. The third kappa shape index (κ3) is 3.27. The van der Waals surface area contributed by atoms with Crippen molar-refractivity contribution in [2.24, 2.45) is 0 Å². The second kappa shape index (κ2) is 6.62. The summed E-state index contributed by atoms with van der Waals surface area (Å²) in [6.45, 7) is 0.0812. The molecule has 0 bridgehead atoms. The highest BCUT2D eigenvalue weighted by molar-refractivity contribution is 7.87. The molecule has 0 spiro atoms. The van der Waals surface area contributed by atoms with E-state index in [0.717, 1.165) is 15.4 Å². The van der Waals surface area contributed by atoms with Crippen molar-refractivity contribution in [1.82, 2.24) is 8.61 Å². The lowest BCUT2D eigenvalue weighted by Gasteiger charge is -2.18. The van der Waals surface area contributed by atoms with Crippen molar-refractivity contribution in [3.8, 4) is 5.75 Å². The van der Waals surface area contributed by atoms with Crippen molar-refractivity contribution in [1.29, 1.82) is 0 Å². The summed E-state index contributed by atoms with van der Waals surface area (Å²) in [5, 5.41) is 0. The first-order valence-electron chi connectivity index (χ1n) is 7.48. The predicted molar refractivity (Wildman–Crippen MR) is 89.3 cm³/mol. The van der Waals surface area contributed by atoms with Gasteiger partial charge in [0.1, 0.15) is 5.75 Å². The van der Waals surface area contributed by atoms with E-state index in [1.165, 1.54) is 4.31 Å². The monoisotopic (exact) mass is 346 g/mol. The molecule has 2 aromatic rings. The maximum absolute atomic E-state index is 12.6. The van der Waals surface area contributed by atoms with Gasteiger partial charge in [0.25, 0.3) is 5.91 Å². The molecule has 3 rings (SSSR count). The minimum absolute atomic E-state index is 0.0243. The lowest BCUT2D eigenvalue weighted by molar-refractivity contribution is -0.125. The highest BCUT2D eigenvalue weighted by Gasteiger charge is 2.42. The Morgan fingerprint density at radius 1 is 0.958 bits per heavy atom. The largest absolute Gasteiger partial charge is 0.497 e. The second-order valence-electron chi connectivity index (χ2n) is 5.51. The van der Waals surface area contributed by atoms with Crippen molar-refractivity contribution < 1.29 is 17.9 Å². The van der Waals surface area contributed by atoms with Gasteiger partial charge >= 0.3 is 10.2 Å². The Bertz CT molecular complexity index is 819. The van der Waals surface area contributed by atoms with Crippen molar-refractivity contribution >= 4 is 16.1 Å². The first-order valence-corrected chi connectivity index (χ1v) is 8.88. The van der Waals surface area contributed by atoms with E-state index in [1.807, 2.05) is 30.3 Å². The van der Waals surface area contributed by atoms with Gasteiger partial charge in [0.15, 0.2) is 0 Å². The van der Waals surface area contributed by atoms with Crippen molar-refractivity contribution in [2.45, 2.75) is 13.1 Å². The number of hydrogen-bond donors (Lipinski definition) is 0. The molecule has 1 aliphatic heterocycles. The topological polar surface area (TPSA) is 66.9 Å². The summed E-state index contributed by atoms with van der Waals surface area (Å²) in [7, 11) is -2.24. The molecule has 0 saturated carbocycles. The number of rotatable bonds is 5. The van der Waals surface area contributed by atoms with E-state index >= 15 is 0 Å². The zero-order valence-corrected chi connectivity index (χ0v) is 14.1. The lowest BCUT2D eigenvalue weighted by Crippen LogP contribution is -2.33. The highest BCUT2D eigenvalue weighted by atomic mass is 32.2. The molecule has 0 atom stereocenters. The Kier molecular flexibility index (Phi) is 4.55. The van der Waals surface area contributed by atoms with Crippen LogP contribution >= 0.6 is 0 Å². The summed E-state index contributed by atoms with van der Waals surface area (Å²) in [6.07, 6.45) is 0. The van der Waals surface area contributed by atoms with E-state index in [2.05, 4.69) is 0 Å². The fourth-order valence-electron chi connectivity index (χ4n) is 2.57. The van der Waals surface area contributed by atoms with Crippen LogP contribution in [0.2, 0.25) is 0 Å². The first-order chi connectivity index (χ1) is 11.5. The SMILES string of the molecule is COc1ccc(CN2C(=O)CN(Cc3ccccc3)S2(=O)=O)cc1. The average Bonchev–Trinajstić information content (AvgIpc) is 2.79. The fraction of sp³-hybridized carbons (Fsp3) is 0.235. The van der Waals surface area contributed by atoms with E-state index in [4.69, 9.17) is 4.74 Å². The van der Waals surface area contributed by atoms with Gasteiger partial charge in [-0.05, 0) is 23.3 Å². The maximum Gasteiger partial charge on any atom is 0.307 e. The van der Waals surface area contributed by atoms with Crippen molar-refractivity contribution in [2.75, 3.05) is 13.7 Å². The number of benzene rings is 2. The quantitative estimate of drug-likeness (QED) is 0.828. The van der Waals surface area contributed by atoms with Gasteiger partial charge in [-0.1, -0.05) is 42.5 Å². The Morgan fingerprint density at radius 2 is 1.58 bits per heavy atom. The van der Waals surface area contributed by atoms with Crippen molar-refractivity contribution in [3.63, 3.8) is 0 Å². The summed E-state index contributed by atoms with van der Waals surface area (Å²) >= 11 is 0. The molecule has 0 unspecified atom stereocenters. The normalized spacial score (nSPS) is 17.2. The molecule has 1 fully saturated rings. The van der Waals surface area contributed by atoms with Crippen LogP contribution in [0.5, 0.6) is 5.75 Å². The number of amides is 1. The summed E-state index contributed by atoms with van der Waals surface area (Å²) in [5.41, 5.74) is 1.58. The van der Waals surface area contributed by atoms with Crippen LogP contribution in [0.1, 0.15) is 11.1 Å². The molecule has 0 radical (unpaired) electrons. The molecule has 126 valence electrons. The molecular weight excluding hydrogens is 328 g/mol. The number of ether oxygens (including phenoxy) is 1. The molecule has 24 heavy (non-hydrogen) atoms. The molecule has 1 aliphatic rings. The minimum Gasteiger partial charge on any atom is -0.497 e. The molecule has 1 saturated heterocycles. The summed E-state index contributed by atoms with van der Waals surface area (Å²) in [5.74, 6) is 0.266. The minimum atomic E-state index is -3.80. The van der Waals surface area contributed by atoms with Gasteiger partial charge in [0.05, 0.1) is 20.2 Å². The van der Waals surface area contributed by atoms with Crippen LogP contribution in [0, 0.1) is 0 Å². The molecular formula is C17H18N2O4S. The van der Waals surface area contributed by atoms with Crippen LogP contribution in [-0.2, 0) is 28.1 Å². The second-order valence-corrected chi connectivity index (χ2v) is 7.36. The Labute approximate surface area is 141 Å². The predicted octanol–water partition coefficient (Wildman–Crippen LogP) is 1.78. The number of nitrogens with zero attached hydrogens (tertiary/aromatic N) is 2. The third-order valence-electron chi connectivity index (χ3n) is 3.88. The van der Waals surface area contributed by atoms with Crippen LogP contribution in [-0.4, -0.2) is 36.6 Å². The summed E-state index contributed by atoms with van der Waals surface area (Å²) in [6, 6.07) is 16.2. The lowest BCUT2D eigenvalue weighted by atomic mass is 10.2. The number of carbonyl (C=O) groups excluding carboxylic acids is 1. The Morgan fingerprint density at radius 3 is 2.21 bits per heavy atom. The highest BCUT2D eigenvalue weighted by Crippen LogP contribution is 2.23. The van der Waals surface area contributed by atoms with Crippen LogP contribution in [0.3, 0.4) is 0 Å². The van der Waals surface area contributed by atoms with E-state index in [0.29, 0.717) is 5.75 Å². The zero-order valence-electron chi connectivity index (χ0n) is 13.3. The van der Waals surface area contributed by atoms with Crippen molar-refractivity contribution in [3.05, 3.63) is 65.7 Å². The van der Waals surface area contributed by atoms with Gasteiger partial charge in [-0.2, -0.15) is 12.7 Å². The molecule has 0 aliphatic carbocycles. The van der Waals surface area contributed by atoms with Gasteiger partial charge in [0.2, 0.25) is 0 Å². The molecule has 0 aromatic heterocycles. The smallest absolute Gasteiger partial charge is 0.307 e. The van der Waals surface area contributed by atoms with Crippen LogP contribution in [0.25, 0.3) is 0 Å². The summed E-state index contributed by atoms with van der Waals surface area (Å²) in [4.78, 5) is 12.2. The van der Waals surface area contributed by atoms with Gasteiger partial charge in [-0.25, -0.2) is 4.31 Å². The van der Waals surface area contributed by atoms with Gasteiger partial charge in [-0.15, -0.1) is 0 Å². The van der Waals surface area contributed by atoms with E-state index in [-0.39, 0.29) is 19.6 Å². The van der Waals surface area contributed by atoms with Gasteiger partial charge < -0.3 is 4.74 Å². The molecule has 6 nitrogen and oxygen atoms in total. The maximum atomic E-state index is 12.6.